The molecule has 7 nitrogen and oxygen atoms in total. The van der Waals surface area contributed by atoms with E-state index in [2.05, 4.69) is 5.32 Å². The molecule has 2 fully saturated rings. The number of carbonyl (C=O) groups is 2. The molecule has 0 saturated carbocycles. The van der Waals surface area contributed by atoms with Gasteiger partial charge in [0, 0.05) is 11.8 Å². The molecule has 4 aliphatic heterocycles. The zero-order valence-electron chi connectivity index (χ0n) is 16.4. The summed E-state index contributed by atoms with van der Waals surface area (Å²) in [6.45, 7) is 1.10. The molecule has 4 aliphatic rings. The minimum Gasteiger partial charge on any atom is -0.486 e. The number of fused-ring (bicyclic) bond motifs is 2. The lowest BCUT2D eigenvalue weighted by molar-refractivity contribution is -0.128. The average Bonchev–Trinajstić information content (AvgIpc) is 3.42. The Morgan fingerprint density at radius 2 is 1.94 bits per heavy atom. The largest absolute Gasteiger partial charge is 0.486 e. The number of anilines is 2. The number of hydrogen-bond donors (Lipinski definition) is 1. The van der Waals surface area contributed by atoms with Crippen molar-refractivity contribution in [3.05, 3.63) is 60.4 Å². The normalized spacial score (nSPS) is 29.9. The number of nitrogens with one attached hydrogen (secondary N) is 1. The second-order valence-corrected chi connectivity index (χ2v) is 8.12. The molecule has 4 heterocycles. The summed E-state index contributed by atoms with van der Waals surface area (Å²) < 4.78 is 31.5. The highest BCUT2D eigenvalue weighted by Gasteiger charge is 2.67. The summed E-state index contributed by atoms with van der Waals surface area (Å²) >= 11 is 0. The SMILES string of the molecule is O=C(Nc1ccc2c(c1)OCCO2)[C@H]1[C@H]2C(=O)N(c3ccccc3F)C[C@]23C=C[C@H]1O3. The first-order chi connectivity index (χ1) is 15.1. The van der Waals surface area contributed by atoms with Gasteiger partial charge in [-0.1, -0.05) is 24.3 Å². The van der Waals surface area contributed by atoms with Crippen molar-refractivity contribution in [1.82, 2.24) is 0 Å². The van der Waals surface area contributed by atoms with E-state index >= 15 is 0 Å². The molecule has 158 valence electrons. The number of amides is 2. The Hall–Kier alpha value is -3.39. The third-order valence-electron chi connectivity index (χ3n) is 6.36. The summed E-state index contributed by atoms with van der Waals surface area (Å²) in [5.74, 6) is -1.33. The third kappa shape index (κ3) is 2.68. The fraction of sp³-hybridized carbons (Fsp3) is 0.304. The van der Waals surface area contributed by atoms with Crippen LogP contribution in [0, 0.1) is 17.7 Å². The van der Waals surface area contributed by atoms with Gasteiger partial charge in [-0.25, -0.2) is 4.39 Å². The molecule has 0 unspecified atom stereocenters. The summed E-state index contributed by atoms with van der Waals surface area (Å²) in [7, 11) is 0. The molecule has 1 spiro atoms. The monoisotopic (exact) mass is 422 g/mol. The van der Waals surface area contributed by atoms with Crippen LogP contribution in [-0.4, -0.2) is 43.3 Å². The van der Waals surface area contributed by atoms with Gasteiger partial charge in [0.15, 0.2) is 11.5 Å². The van der Waals surface area contributed by atoms with Gasteiger partial charge in [-0.3, -0.25) is 9.59 Å². The van der Waals surface area contributed by atoms with Crippen molar-refractivity contribution in [3.63, 3.8) is 0 Å². The molecular weight excluding hydrogens is 403 g/mol. The smallest absolute Gasteiger partial charge is 0.234 e. The lowest BCUT2D eigenvalue weighted by atomic mass is 9.77. The van der Waals surface area contributed by atoms with Gasteiger partial charge in [0.25, 0.3) is 0 Å². The van der Waals surface area contributed by atoms with E-state index in [1.165, 1.54) is 11.0 Å². The number of benzene rings is 2. The lowest BCUT2D eigenvalue weighted by Gasteiger charge is -2.24. The standard InChI is InChI=1S/C23H19FN2O5/c24-14-3-1-2-4-15(14)26-12-23-8-7-17(31-23)19(20(23)22(26)28)21(27)25-13-5-6-16-18(11-13)30-10-9-29-16/h1-8,11,17,19-20H,9-10,12H2,(H,25,27)/t17-,19-,20+,23-/m1/s1. The van der Waals surface area contributed by atoms with Crippen LogP contribution >= 0.6 is 0 Å². The molecule has 2 aromatic rings. The molecule has 2 amide bonds. The Morgan fingerprint density at radius 1 is 1.13 bits per heavy atom. The number of hydrogen-bond acceptors (Lipinski definition) is 5. The molecule has 8 heteroatoms. The molecular formula is C23H19FN2O5. The van der Waals surface area contributed by atoms with Crippen LogP contribution in [0.4, 0.5) is 15.8 Å². The topological polar surface area (TPSA) is 77.1 Å². The Labute approximate surface area is 177 Å². The van der Waals surface area contributed by atoms with Crippen molar-refractivity contribution in [2.75, 3.05) is 30.0 Å². The summed E-state index contributed by atoms with van der Waals surface area (Å²) in [6.07, 6.45) is 3.17. The summed E-state index contributed by atoms with van der Waals surface area (Å²) in [4.78, 5) is 27.9. The number of rotatable bonds is 3. The van der Waals surface area contributed by atoms with Gasteiger partial charge < -0.3 is 24.4 Å². The molecule has 2 saturated heterocycles. The third-order valence-corrected chi connectivity index (χ3v) is 6.36. The van der Waals surface area contributed by atoms with Crippen LogP contribution < -0.4 is 19.7 Å². The number of para-hydroxylation sites is 1. The number of ether oxygens (including phenoxy) is 3. The second kappa shape index (κ2) is 6.55. The van der Waals surface area contributed by atoms with Crippen molar-refractivity contribution in [3.8, 4) is 11.5 Å². The van der Waals surface area contributed by atoms with Gasteiger partial charge >= 0.3 is 0 Å². The Morgan fingerprint density at radius 3 is 2.77 bits per heavy atom. The maximum absolute atomic E-state index is 14.4. The predicted molar refractivity (Wildman–Crippen MR) is 109 cm³/mol. The first-order valence-electron chi connectivity index (χ1n) is 10.2. The lowest BCUT2D eigenvalue weighted by Crippen LogP contribution is -2.41. The number of halogens is 1. The first-order valence-corrected chi connectivity index (χ1v) is 10.2. The molecule has 0 aromatic heterocycles. The van der Waals surface area contributed by atoms with Crippen LogP contribution in [0.5, 0.6) is 11.5 Å². The highest BCUT2D eigenvalue weighted by molar-refractivity contribution is 6.05. The Balaban J connectivity index is 1.28. The molecule has 1 N–H and O–H groups in total. The minimum absolute atomic E-state index is 0.179. The van der Waals surface area contributed by atoms with E-state index in [-0.39, 0.29) is 24.0 Å². The molecule has 2 aromatic carbocycles. The maximum atomic E-state index is 14.4. The number of nitrogens with zero attached hydrogens (tertiary/aromatic N) is 1. The van der Waals surface area contributed by atoms with Crippen LogP contribution in [0.25, 0.3) is 0 Å². The Kier molecular flexibility index (Phi) is 3.89. The van der Waals surface area contributed by atoms with E-state index in [0.29, 0.717) is 30.4 Å². The van der Waals surface area contributed by atoms with Crippen molar-refractivity contribution in [2.45, 2.75) is 11.7 Å². The highest BCUT2D eigenvalue weighted by atomic mass is 19.1. The van der Waals surface area contributed by atoms with E-state index in [4.69, 9.17) is 14.2 Å². The van der Waals surface area contributed by atoms with Crippen molar-refractivity contribution >= 4 is 23.2 Å². The van der Waals surface area contributed by atoms with Gasteiger partial charge in [0.05, 0.1) is 30.2 Å². The molecule has 31 heavy (non-hydrogen) atoms. The second-order valence-electron chi connectivity index (χ2n) is 8.12. The van der Waals surface area contributed by atoms with Gasteiger partial charge in [-0.15, -0.1) is 0 Å². The van der Waals surface area contributed by atoms with Crippen LogP contribution in [-0.2, 0) is 14.3 Å². The van der Waals surface area contributed by atoms with Crippen LogP contribution in [0.2, 0.25) is 0 Å². The zero-order valence-corrected chi connectivity index (χ0v) is 16.4. The van der Waals surface area contributed by atoms with Crippen LogP contribution in [0.3, 0.4) is 0 Å². The van der Waals surface area contributed by atoms with E-state index in [1.807, 2.05) is 12.2 Å². The minimum atomic E-state index is -0.918. The average molecular weight is 422 g/mol. The Bertz CT molecular complexity index is 1130. The van der Waals surface area contributed by atoms with Gasteiger partial charge in [-0.05, 0) is 24.3 Å². The zero-order chi connectivity index (χ0) is 21.2. The van der Waals surface area contributed by atoms with E-state index in [1.54, 1.807) is 36.4 Å². The summed E-state index contributed by atoms with van der Waals surface area (Å²) in [5.41, 5.74) is -0.173. The van der Waals surface area contributed by atoms with Gasteiger partial charge in [0.1, 0.15) is 24.6 Å². The van der Waals surface area contributed by atoms with E-state index < -0.39 is 29.4 Å². The molecule has 0 radical (unpaired) electrons. The van der Waals surface area contributed by atoms with Crippen molar-refractivity contribution in [1.29, 1.82) is 0 Å². The fourth-order valence-corrected chi connectivity index (χ4v) is 5.02. The highest BCUT2D eigenvalue weighted by Crippen LogP contribution is 2.53. The molecule has 6 rings (SSSR count). The molecule has 4 atom stereocenters. The molecule has 0 aliphatic carbocycles. The maximum Gasteiger partial charge on any atom is 0.234 e. The fourth-order valence-electron chi connectivity index (χ4n) is 5.02. The van der Waals surface area contributed by atoms with Crippen molar-refractivity contribution in [2.24, 2.45) is 11.8 Å². The van der Waals surface area contributed by atoms with E-state index in [0.717, 1.165) is 0 Å². The predicted octanol–water partition coefficient (Wildman–Crippen LogP) is 2.52. The number of carbonyl (C=O) groups excluding carboxylic acids is 2. The summed E-state index contributed by atoms with van der Waals surface area (Å²) in [6, 6.07) is 11.3. The van der Waals surface area contributed by atoms with Crippen molar-refractivity contribution < 1.29 is 28.2 Å². The van der Waals surface area contributed by atoms with Gasteiger partial charge in [-0.2, -0.15) is 0 Å². The summed E-state index contributed by atoms with van der Waals surface area (Å²) in [5, 5.41) is 2.88. The first kappa shape index (κ1) is 18.4. The van der Waals surface area contributed by atoms with Gasteiger partial charge in [0.2, 0.25) is 11.8 Å². The molecule has 2 bridgehead atoms. The van der Waals surface area contributed by atoms with Crippen LogP contribution in [0.15, 0.2) is 54.6 Å². The van der Waals surface area contributed by atoms with E-state index in [9.17, 15) is 14.0 Å². The quantitative estimate of drug-likeness (QED) is 0.770. The van der Waals surface area contributed by atoms with Crippen LogP contribution in [0.1, 0.15) is 0 Å².